The highest BCUT2D eigenvalue weighted by atomic mass is 16.3. The summed E-state index contributed by atoms with van der Waals surface area (Å²) in [7, 11) is 0. The van der Waals surface area contributed by atoms with Crippen LogP contribution < -0.4 is 5.32 Å². The molecule has 0 amide bonds. The van der Waals surface area contributed by atoms with Gasteiger partial charge in [0.05, 0.1) is 17.8 Å². The smallest absolute Gasteiger partial charge is 0.138 e. The molecule has 4 rings (SSSR count). The van der Waals surface area contributed by atoms with Crippen molar-refractivity contribution in [2.75, 3.05) is 0 Å². The highest BCUT2D eigenvalue weighted by Crippen LogP contribution is 2.31. The fourth-order valence-corrected chi connectivity index (χ4v) is 3.46. The molecule has 0 saturated heterocycles. The van der Waals surface area contributed by atoms with Gasteiger partial charge in [-0.15, -0.1) is 0 Å². The van der Waals surface area contributed by atoms with Crippen LogP contribution in [0.15, 0.2) is 55.1 Å². The van der Waals surface area contributed by atoms with Gasteiger partial charge in [-0.05, 0) is 35.2 Å². The summed E-state index contributed by atoms with van der Waals surface area (Å²) >= 11 is 0. The molecule has 2 N–H and O–H groups in total. The first-order valence-corrected chi connectivity index (χ1v) is 8.16. The molecule has 0 spiro atoms. The monoisotopic (exact) mass is 320 g/mol. The van der Waals surface area contributed by atoms with Gasteiger partial charge in [0.25, 0.3) is 0 Å². The zero-order chi connectivity index (χ0) is 16.5. The Bertz CT molecular complexity index is 844. The number of hydrogen-bond donors (Lipinski definition) is 2. The average Bonchev–Trinajstić information content (AvgIpc) is 3.20. The van der Waals surface area contributed by atoms with Crippen molar-refractivity contribution >= 4 is 0 Å². The number of aromatic nitrogens is 3. The molecule has 122 valence electrons. The minimum atomic E-state index is -0.363. The molecular weight excluding hydrogens is 300 g/mol. The molecule has 5 heteroatoms. The molecule has 1 aliphatic rings. The summed E-state index contributed by atoms with van der Waals surface area (Å²) in [5.74, 6) is 0. The van der Waals surface area contributed by atoms with Gasteiger partial charge in [-0.2, -0.15) is 5.10 Å². The van der Waals surface area contributed by atoms with Crippen LogP contribution in [0.3, 0.4) is 0 Å². The normalized spacial score (nSPS) is 19.4. The Hall–Kier alpha value is -2.50. The van der Waals surface area contributed by atoms with E-state index in [1.165, 1.54) is 23.0 Å². The third kappa shape index (κ3) is 2.72. The molecule has 0 radical (unpaired) electrons. The minimum absolute atomic E-state index is 0.00324. The largest absolute Gasteiger partial charge is 0.391 e. The number of aliphatic hydroxyl groups is 1. The van der Waals surface area contributed by atoms with Gasteiger partial charge in [0.15, 0.2) is 0 Å². The van der Waals surface area contributed by atoms with Crippen molar-refractivity contribution in [1.82, 2.24) is 20.1 Å². The summed E-state index contributed by atoms with van der Waals surface area (Å²) < 4.78 is 1.77. The van der Waals surface area contributed by atoms with Gasteiger partial charge < -0.3 is 10.4 Å². The molecule has 1 aliphatic carbocycles. The Balaban J connectivity index is 1.50. The summed E-state index contributed by atoms with van der Waals surface area (Å²) in [4.78, 5) is 3.99. The van der Waals surface area contributed by atoms with Crippen molar-refractivity contribution < 1.29 is 5.11 Å². The van der Waals surface area contributed by atoms with E-state index < -0.39 is 0 Å². The number of benzene rings is 2. The fourth-order valence-electron chi connectivity index (χ4n) is 3.46. The van der Waals surface area contributed by atoms with E-state index in [0.717, 1.165) is 17.7 Å². The van der Waals surface area contributed by atoms with Crippen LogP contribution in [0.5, 0.6) is 0 Å². The maximum absolute atomic E-state index is 10.3. The Labute approximate surface area is 141 Å². The SMILES string of the molecule is Cc1cc(CN[C@@H]2c3ccccc3C[C@@H]2O)ccc1-n1cncn1. The molecule has 5 nitrogen and oxygen atoms in total. The zero-order valence-corrected chi connectivity index (χ0v) is 13.6. The topological polar surface area (TPSA) is 63.0 Å². The summed E-state index contributed by atoms with van der Waals surface area (Å²) in [6, 6.07) is 14.5. The summed E-state index contributed by atoms with van der Waals surface area (Å²) in [6.07, 6.45) is 3.59. The van der Waals surface area contributed by atoms with E-state index in [4.69, 9.17) is 0 Å². The maximum Gasteiger partial charge on any atom is 0.138 e. The van der Waals surface area contributed by atoms with Gasteiger partial charge in [-0.1, -0.05) is 36.4 Å². The third-order valence-electron chi connectivity index (χ3n) is 4.66. The molecule has 3 aromatic rings. The van der Waals surface area contributed by atoms with Gasteiger partial charge in [0, 0.05) is 13.0 Å². The Kier molecular flexibility index (Phi) is 3.88. The van der Waals surface area contributed by atoms with Crippen molar-refractivity contribution in [2.24, 2.45) is 0 Å². The van der Waals surface area contributed by atoms with Crippen LogP contribution >= 0.6 is 0 Å². The fraction of sp³-hybridized carbons (Fsp3) is 0.263. The van der Waals surface area contributed by atoms with E-state index in [1.54, 1.807) is 11.0 Å². The van der Waals surface area contributed by atoms with Crippen molar-refractivity contribution in [3.8, 4) is 5.69 Å². The van der Waals surface area contributed by atoms with E-state index >= 15 is 0 Å². The van der Waals surface area contributed by atoms with Gasteiger partial charge in [0.2, 0.25) is 0 Å². The molecule has 0 aliphatic heterocycles. The van der Waals surface area contributed by atoms with Gasteiger partial charge in [-0.25, -0.2) is 9.67 Å². The molecule has 2 aromatic carbocycles. The Morgan fingerprint density at radius 2 is 2.12 bits per heavy atom. The molecule has 1 heterocycles. The van der Waals surface area contributed by atoms with Crippen LogP contribution in [0, 0.1) is 6.92 Å². The number of nitrogens with one attached hydrogen (secondary N) is 1. The van der Waals surface area contributed by atoms with E-state index in [9.17, 15) is 5.11 Å². The lowest BCUT2D eigenvalue weighted by molar-refractivity contribution is 0.140. The zero-order valence-electron chi connectivity index (χ0n) is 13.6. The lowest BCUT2D eigenvalue weighted by Crippen LogP contribution is -2.28. The van der Waals surface area contributed by atoms with Gasteiger partial charge in [0.1, 0.15) is 12.7 Å². The number of nitrogens with zero attached hydrogens (tertiary/aromatic N) is 3. The molecule has 0 bridgehead atoms. The quantitative estimate of drug-likeness (QED) is 0.774. The molecule has 2 atom stereocenters. The lowest BCUT2D eigenvalue weighted by Gasteiger charge is -2.18. The summed E-state index contributed by atoms with van der Waals surface area (Å²) in [5.41, 5.74) is 5.81. The first-order chi connectivity index (χ1) is 11.7. The third-order valence-corrected chi connectivity index (χ3v) is 4.66. The van der Waals surface area contributed by atoms with E-state index in [-0.39, 0.29) is 12.1 Å². The predicted octanol–water partition coefficient (Wildman–Crippen LogP) is 2.32. The van der Waals surface area contributed by atoms with Crippen LogP contribution in [0.2, 0.25) is 0 Å². The molecule has 1 aromatic heterocycles. The Morgan fingerprint density at radius 3 is 2.92 bits per heavy atom. The molecule has 0 fully saturated rings. The minimum Gasteiger partial charge on any atom is -0.391 e. The van der Waals surface area contributed by atoms with Crippen molar-refractivity contribution in [3.63, 3.8) is 0 Å². The molecule has 24 heavy (non-hydrogen) atoms. The first kappa shape index (κ1) is 15.1. The van der Waals surface area contributed by atoms with E-state index in [0.29, 0.717) is 6.54 Å². The van der Waals surface area contributed by atoms with Crippen LogP contribution in [-0.4, -0.2) is 26.0 Å². The Morgan fingerprint density at radius 1 is 1.25 bits per heavy atom. The van der Waals surface area contributed by atoms with Crippen molar-refractivity contribution in [2.45, 2.75) is 32.0 Å². The van der Waals surface area contributed by atoms with Crippen LogP contribution in [0.4, 0.5) is 0 Å². The molecular formula is C19H20N4O. The average molecular weight is 320 g/mol. The maximum atomic E-state index is 10.3. The number of aliphatic hydroxyl groups excluding tert-OH is 1. The number of aryl methyl sites for hydroxylation is 1. The highest BCUT2D eigenvalue weighted by molar-refractivity contribution is 5.42. The van der Waals surface area contributed by atoms with E-state index in [2.05, 4.69) is 52.7 Å². The second kappa shape index (κ2) is 6.19. The summed E-state index contributed by atoms with van der Waals surface area (Å²) in [5, 5.41) is 18.0. The first-order valence-electron chi connectivity index (χ1n) is 8.16. The van der Waals surface area contributed by atoms with Crippen molar-refractivity contribution in [3.05, 3.63) is 77.4 Å². The number of rotatable bonds is 4. The van der Waals surface area contributed by atoms with Gasteiger partial charge >= 0.3 is 0 Å². The number of fused-ring (bicyclic) bond motifs is 1. The van der Waals surface area contributed by atoms with Crippen LogP contribution in [-0.2, 0) is 13.0 Å². The van der Waals surface area contributed by atoms with Crippen LogP contribution in [0.25, 0.3) is 5.69 Å². The second-order valence-corrected chi connectivity index (χ2v) is 6.29. The summed E-state index contributed by atoms with van der Waals surface area (Å²) in [6.45, 7) is 2.79. The standard InChI is InChI=1S/C19H20N4O/c1-13-8-14(6-7-17(13)23-12-20-11-22-23)10-21-19-16-5-3-2-4-15(16)9-18(19)24/h2-8,11-12,18-19,21,24H,9-10H2,1H3/t18-,19+/m0/s1. The highest BCUT2D eigenvalue weighted by Gasteiger charge is 2.30. The van der Waals surface area contributed by atoms with Gasteiger partial charge in [-0.3, -0.25) is 0 Å². The van der Waals surface area contributed by atoms with Crippen LogP contribution in [0.1, 0.15) is 28.3 Å². The lowest BCUT2D eigenvalue weighted by atomic mass is 10.1. The predicted molar refractivity (Wildman–Crippen MR) is 91.8 cm³/mol. The van der Waals surface area contributed by atoms with E-state index in [1.807, 2.05) is 12.1 Å². The number of hydrogen-bond acceptors (Lipinski definition) is 4. The molecule has 0 saturated carbocycles. The molecule has 0 unspecified atom stereocenters. The second-order valence-electron chi connectivity index (χ2n) is 6.29. The van der Waals surface area contributed by atoms with Crippen molar-refractivity contribution in [1.29, 1.82) is 0 Å².